The summed E-state index contributed by atoms with van der Waals surface area (Å²) in [6, 6.07) is 5.83. The van der Waals surface area contributed by atoms with Gasteiger partial charge in [0, 0.05) is 11.6 Å². The number of carbonyl (C=O) groups is 1. The molecule has 1 aliphatic carbocycles. The molecule has 1 saturated heterocycles. The van der Waals surface area contributed by atoms with Gasteiger partial charge in [-0.2, -0.15) is 0 Å². The van der Waals surface area contributed by atoms with Crippen molar-refractivity contribution >= 4 is 28.9 Å². The molecule has 2 heterocycles. The summed E-state index contributed by atoms with van der Waals surface area (Å²) in [7, 11) is 0. The maximum Gasteiger partial charge on any atom is 0.247 e. The van der Waals surface area contributed by atoms with Crippen LogP contribution in [0.3, 0.4) is 0 Å². The second-order valence-corrected chi connectivity index (χ2v) is 6.04. The number of carbonyl (C=O) groups excluding carboxylic acids is 1. The predicted octanol–water partition coefficient (Wildman–Crippen LogP) is 2.90. The van der Waals surface area contributed by atoms with Crippen molar-refractivity contribution in [1.29, 1.82) is 0 Å². The highest BCUT2D eigenvalue weighted by Crippen LogP contribution is 2.48. The van der Waals surface area contributed by atoms with Gasteiger partial charge in [0.05, 0.1) is 11.4 Å². The number of hydrogen-bond donors (Lipinski definition) is 1. The molecule has 0 radical (unpaired) electrons. The molecule has 2 fully saturated rings. The average molecular weight is 263 g/mol. The van der Waals surface area contributed by atoms with Gasteiger partial charge in [-0.1, -0.05) is 18.0 Å². The molecule has 4 heteroatoms. The third kappa shape index (κ3) is 1.34. The minimum absolute atomic E-state index is 0.0474. The fourth-order valence-corrected chi connectivity index (χ4v) is 4.13. The summed E-state index contributed by atoms with van der Waals surface area (Å²) in [4.78, 5) is 14.6. The summed E-state index contributed by atoms with van der Waals surface area (Å²) in [5.74, 6) is 1.40. The summed E-state index contributed by atoms with van der Waals surface area (Å²) >= 11 is 5.99. The van der Waals surface area contributed by atoms with Crippen molar-refractivity contribution in [2.75, 3.05) is 16.8 Å². The minimum Gasteiger partial charge on any atom is -0.357 e. The number of fused-ring (bicyclic) bond motifs is 5. The lowest BCUT2D eigenvalue weighted by molar-refractivity contribution is -0.118. The van der Waals surface area contributed by atoms with Crippen LogP contribution in [0.25, 0.3) is 0 Å². The lowest BCUT2D eigenvalue weighted by atomic mass is 9.92. The first-order valence-electron chi connectivity index (χ1n) is 6.61. The minimum atomic E-state index is 0.0474. The van der Waals surface area contributed by atoms with E-state index in [1.54, 1.807) is 0 Å². The first-order valence-corrected chi connectivity index (χ1v) is 6.99. The number of anilines is 2. The molecule has 2 aliphatic heterocycles. The number of amides is 1. The molecule has 0 spiro atoms. The number of nitrogens with zero attached hydrogens (tertiary/aromatic N) is 1. The highest BCUT2D eigenvalue weighted by molar-refractivity contribution is 6.31. The molecule has 1 aromatic rings. The largest absolute Gasteiger partial charge is 0.357 e. The molecule has 1 aromatic carbocycles. The third-order valence-corrected chi connectivity index (χ3v) is 4.92. The van der Waals surface area contributed by atoms with Gasteiger partial charge in [0.1, 0.15) is 6.04 Å². The molecule has 3 unspecified atom stereocenters. The second kappa shape index (κ2) is 3.64. The van der Waals surface area contributed by atoms with Crippen LogP contribution < -0.4 is 10.2 Å². The van der Waals surface area contributed by atoms with Gasteiger partial charge in [0.25, 0.3) is 0 Å². The third-order valence-electron chi connectivity index (χ3n) is 4.68. The molecule has 0 bridgehead atoms. The standard InChI is InChI=1S/C14H15ClN2O/c15-9-4-5-12-11(6-9)16-14(18)13-10-3-1-2-8(10)7-17(12)13/h4-6,8,10,13H,1-3,7H2,(H,16,18). The van der Waals surface area contributed by atoms with E-state index >= 15 is 0 Å². The number of hydrogen-bond acceptors (Lipinski definition) is 2. The van der Waals surface area contributed by atoms with Crippen LogP contribution in [0.1, 0.15) is 19.3 Å². The lowest BCUT2D eigenvalue weighted by Crippen LogP contribution is -2.46. The van der Waals surface area contributed by atoms with Crippen molar-refractivity contribution in [3.05, 3.63) is 23.2 Å². The van der Waals surface area contributed by atoms with Crippen molar-refractivity contribution in [1.82, 2.24) is 0 Å². The van der Waals surface area contributed by atoms with Gasteiger partial charge in [-0.15, -0.1) is 0 Å². The van der Waals surface area contributed by atoms with E-state index in [0.29, 0.717) is 16.9 Å². The molecule has 1 N–H and O–H groups in total. The average Bonchev–Trinajstić information content (AvgIpc) is 2.87. The molecular weight excluding hydrogens is 248 g/mol. The van der Waals surface area contributed by atoms with Gasteiger partial charge in [0.2, 0.25) is 5.91 Å². The van der Waals surface area contributed by atoms with Gasteiger partial charge in [-0.25, -0.2) is 0 Å². The summed E-state index contributed by atoms with van der Waals surface area (Å²) in [5, 5.41) is 3.69. The van der Waals surface area contributed by atoms with E-state index in [9.17, 15) is 4.79 Å². The quantitative estimate of drug-likeness (QED) is 0.780. The van der Waals surface area contributed by atoms with Crippen molar-refractivity contribution in [2.45, 2.75) is 25.3 Å². The summed E-state index contributed by atoms with van der Waals surface area (Å²) in [5.41, 5.74) is 2.00. The Morgan fingerprint density at radius 1 is 1.33 bits per heavy atom. The summed E-state index contributed by atoms with van der Waals surface area (Å²) in [6.07, 6.45) is 3.75. The van der Waals surface area contributed by atoms with E-state index in [-0.39, 0.29) is 11.9 Å². The Bertz CT molecular complexity index is 531. The number of nitrogens with one attached hydrogen (secondary N) is 1. The van der Waals surface area contributed by atoms with Crippen molar-refractivity contribution in [2.24, 2.45) is 11.8 Å². The first-order chi connectivity index (χ1) is 8.74. The molecule has 18 heavy (non-hydrogen) atoms. The Labute approximate surface area is 111 Å². The van der Waals surface area contributed by atoms with Crippen LogP contribution in [0.4, 0.5) is 11.4 Å². The molecular formula is C14H15ClN2O. The first kappa shape index (κ1) is 10.7. The smallest absolute Gasteiger partial charge is 0.247 e. The van der Waals surface area contributed by atoms with Crippen molar-refractivity contribution in [3.8, 4) is 0 Å². The van der Waals surface area contributed by atoms with Gasteiger partial charge >= 0.3 is 0 Å². The Morgan fingerprint density at radius 3 is 3.11 bits per heavy atom. The number of rotatable bonds is 0. The van der Waals surface area contributed by atoms with Crippen LogP contribution in [0.15, 0.2) is 18.2 Å². The maximum atomic E-state index is 12.3. The maximum absolute atomic E-state index is 12.3. The van der Waals surface area contributed by atoms with E-state index in [0.717, 1.165) is 17.9 Å². The van der Waals surface area contributed by atoms with Crippen LogP contribution in [0.2, 0.25) is 5.02 Å². The predicted molar refractivity (Wildman–Crippen MR) is 72.0 cm³/mol. The number of benzene rings is 1. The Morgan fingerprint density at radius 2 is 2.22 bits per heavy atom. The van der Waals surface area contributed by atoms with E-state index in [1.165, 1.54) is 19.3 Å². The molecule has 4 rings (SSSR count). The lowest BCUT2D eigenvalue weighted by Gasteiger charge is -2.35. The van der Waals surface area contributed by atoms with Gasteiger partial charge in [-0.3, -0.25) is 4.79 Å². The van der Waals surface area contributed by atoms with Gasteiger partial charge in [0.15, 0.2) is 0 Å². The molecule has 3 aliphatic rings. The summed E-state index contributed by atoms with van der Waals surface area (Å²) < 4.78 is 0. The molecule has 94 valence electrons. The summed E-state index contributed by atoms with van der Waals surface area (Å²) in [6.45, 7) is 1.03. The zero-order valence-corrected chi connectivity index (χ0v) is 10.8. The topological polar surface area (TPSA) is 32.3 Å². The van der Waals surface area contributed by atoms with Crippen molar-refractivity contribution < 1.29 is 4.79 Å². The van der Waals surface area contributed by atoms with Crippen LogP contribution >= 0.6 is 11.6 Å². The zero-order valence-electron chi connectivity index (χ0n) is 10.0. The Balaban J connectivity index is 1.80. The van der Waals surface area contributed by atoms with E-state index in [4.69, 9.17) is 11.6 Å². The molecule has 3 nitrogen and oxygen atoms in total. The molecule has 1 saturated carbocycles. The highest BCUT2D eigenvalue weighted by atomic mass is 35.5. The van der Waals surface area contributed by atoms with E-state index in [2.05, 4.69) is 10.2 Å². The molecule has 3 atom stereocenters. The van der Waals surface area contributed by atoms with E-state index in [1.807, 2.05) is 18.2 Å². The monoisotopic (exact) mass is 262 g/mol. The normalized spacial score (nSPS) is 32.8. The Kier molecular flexibility index (Phi) is 2.16. The van der Waals surface area contributed by atoms with Crippen LogP contribution in [-0.4, -0.2) is 18.5 Å². The zero-order chi connectivity index (χ0) is 12.3. The molecule has 0 aromatic heterocycles. The fraction of sp³-hybridized carbons (Fsp3) is 0.500. The van der Waals surface area contributed by atoms with Crippen LogP contribution in [-0.2, 0) is 4.79 Å². The van der Waals surface area contributed by atoms with Crippen LogP contribution in [0, 0.1) is 11.8 Å². The Hall–Kier alpha value is -1.22. The molecule has 1 amide bonds. The van der Waals surface area contributed by atoms with Gasteiger partial charge < -0.3 is 10.2 Å². The number of halogens is 1. The van der Waals surface area contributed by atoms with Crippen LogP contribution in [0.5, 0.6) is 0 Å². The fourth-order valence-electron chi connectivity index (χ4n) is 3.95. The van der Waals surface area contributed by atoms with Gasteiger partial charge in [-0.05, 0) is 42.9 Å². The SMILES string of the molecule is O=C1Nc2cc(Cl)ccc2N2CC3CCCC3C12. The van der Waals surface area contributed by atoms with E-state index < -0.39 is 0 Å². The highest BCUT2D eigenvalue weighted by Gasteiger charge is 2.49. The van der Waals surface area contributed by atoms with Crippen molar-refractivity contribution in [3.63, 3.8) is 0 Å². The second-order valence-electron chi connectivity index (χ2n) is 5.60.